The number of hydrogen-bond donors (Lipinski definition) is 1. The predicted molar refractivity (Wildman–Crippen MR) is 109 cm³/mol. The maximum atomic E-state index is 12.5. The third kappa shape index (κ3) is 5.52. The lowest BCUT2D eigenvalue weighted by atomic mass is 10.0. The molecule has 144 valence electrons. The van der Waals surface area contributed by atoms with Gasteiger partial charge in [-0.1, -0.05) is 50.2 Å². The van der Waals surface area contributed by atoms with Crippen molar-refractivity contribution in [3.63, 3.8) is 0 Å². The van der Waals surface area contributed by atoms with Gasteiger partial charge >= 0.3 is 0 Å². The molecule has 6 heteroatoms. The number of rotatable bonds is 6. The first-order valence-electron chi connectivity index (χ1n) is 8.77. The molecular weight excluding hydrogens is 360 g/mol. The molecule has 0 radical (unpaired) electrons. The summed E-state index contributed by atoms with van der Waals surface area (Å²) in [5, 5.41) is 5.11. The Labute approximate surface area is 161 Å². The smallest absolute Gasteiger partial charge is 0.246 e. The summed E-state index contributed by atoms with van der Waals surface area (Å²) in [6.07, 6.45) is 3.33. The highest BCUT2D eigenvalue weighted by Crippen LogP contribution is 2.21. The maximum absolute atomic E-state index is 12.5. The Morgan fingerprint density at radius 2 is 1.48 bits per heavy atom. The fourth-order valence-electron chi connectivity index (χ4n) is 2.63. The molecule has 0 aliphatic rings. The molecule has 5 nitrogen and oxygen atoms in total. The van der Waals surface area contributed by atoms with Crippen molar-refractivity contribution < 1.29 is 13.2 Å². The summed E-state index contributed by atoms with van der Waals surface area (Å²) in [5.74, 6) is 0.336. The highest BCUT2D eigenvalue weighted by Gasteiger charge is 2.16. The van der Waals surface area contributed by atoms with Crippen LogP contribution >= 0.6 is 0 Å². The van der Waals surface area contributed by atoms with E-state index in [1.165, 1.54) is 17.7 Å². The fourth-order valence-corrected chi connectivity index (χ4v) is 3.14. The van der Waals surface area contributed by atoms with Crippen LogP contribution in [0.2, 0.25) is 0 Å². The average Bonchev–Trinajstić information content (AvgIpc) is 2.64. The number of nitrogens with zero attached hydrogens (tertiary/aromatic N) is 1. The van der Waals surface area contributed by atoms with E-state index in [0.29, 0.717) is 5.92 Å². The second-order valence-corrected chi connectivity index (χ2v) is 8.46. The molecule has 2 aromatic rings. The minimum atomic E-state index is -3.72. The highest BCUT2D eigenvalue weighted by atomic mass is 32.2. The summed E-state index contributed by atoms with van der Waals surface area (Å²) >= 11 is 0. The van der Waals surface area contributed by atoms with Gasteiger partial charge in [0.1, 0.15) is 0 Å². The van der Waals surface area contributed by atoms with Crippen molar-refractivity contribution in [2.75, 3.05) is 7.05 Å². The number of carbonyl (C=O) groups excluding carboxylic acids is 1. The van der Waals surface area contributed by atoms with Gasteiger partial charge in [0.05, 0.1) is 10.9 Å². The number of likely N-dealkylation sites (N-methyl/N-ethyl adjacent to an activating group) is 1. The Balaban J connectivity index is 2.07. The van der Waals surface area contributed by atoms with E-state index in [2.05, 4.69) is 26.0 Å². The third-order valence-electron chi connectivity index (χ3n) is 4.64. The summed E-state index contributed by atoms with van der Waals surface area (Å²) in [4.78, 5) is 14.1. The molecule has 0 bridgehead atoms. The molecule has 0 saturated heterocycles. The van der Waals surface area contributed by atoms with Crippen molar-refractivity contribution in [3.8, 4) is 0 Å². The number of primary sulfonamides is 1. The van der Waals surface area contributed by atoms with Gasteiger partial charge in [0.25, 0.3) is 0 Å². The van der Waals surface area contributed by atoms with Crippen LogP contribution in [0, 0.1) is 0 Å². The molecule has 0 aliphatic carbocycles. The van der Waals surface area contributed by atoms with E-state index < -0.39 is 10.0 Å². The molecule has 1 atom stereocenters. The minimum Gasteiger partial charge on any atom is -0.335 e. The predicted octanol–water partition coefficient (Wildman–Crippen LogP) is 3.69. The first-order chi connectivity index (χ1) is 12.6. The van der Waals surface area contributed by atoms with E-state index in [0.717, 1.165) is 11.1 Å². The van der Waals surface area contributed by atoms with Gasteiger partial charge in [-0.3, -0.25) is 4.79 Å². The monoisotopic (exact) mass is 386 g/mol. The van der Waals surface area contributed by atoms with Gasteiger partial charge in [-0.15, -0.1) is 0 Å². The summed E-state index contributed by atoms with van der Waals surface area (Å²) < 4.78 is 22.7. The number of nitrogens with two attached hydrogens (primary N) is 1. The summed E-state index contributed by atoms with van der Waals surface area (Å²) in [5.41, 5.74) is 3.05. The molecule has 2 rings (SSSR count). The SMILES string of the molecule is CC(C)c1ccc(/C=C/C(=O)N(C)[C@@H](C)c2ccc(S(N)(=O)=O)cc2)cc1. The Bertz CT molecular complexity index is 915. The Morgan fingerprint density at radius 1 is 0.963 bits per heavy atom. The molecule has 27 heavy (non-hydrogen) atoms. The van der Waals surface area contributed by atoms with Crippen molar-refractivity contribution in [1.82, 2.24) is 4.90 Å². The molecule has 0 aliphatic heterocycles. The average molecular weight is 387 g/mol. The number of sulfonamides is 1. The zero-order valence-corrected chi connectivity index (χ0v) is 16.9. The van der Waals surface area contributed by atoms with E-state index in [-0.39, 0.29) is 16.8 Å². The van der Waals surface area contributed by atoms with Gasteiger partial charge in [0, 0.05) is 13.1 Å². The molecule has 0 saturated carbocycles. The Hall–Kier alpha value is -2.44. The van der Waals surface area contributed by atoms with Crippen LogP contribution < -0.4 is 5.14 Å². The van der Waals surface area contributed by atoms with Crippen LogP contribution in [0.25, 0.3) is 6.08 Å². The molecule has 0 heterocycles. The van der Waals surface area contributed by atoms with Crippen LogP contribution in [0.1, 0.15) is 49.4 Å². The maximum Gasteiger partial charge on any atom is 0.246 e. The number of benzene rings is 2. The van der Waals surface area contributed by atoms with Gasteiger partial charge in [-0.25, -0.2) is 13.6 Å². The molecule has 2 aromatic carbocycles. The molecule has 0 aromatic heterocycles. The van der Waals surface area contributed by atoms with Gasteiger partial charge in [0.2, 0.25) is 15.9 Å². The zero-order valence-electron chi connectivity index (χ0n) is 16.1. The van der Waals surface area contributed by atoms with E-state index in [1.54, 1.807) is 36.2 Å². The largest absolute Gasteiger partial charge is 0.335 e. The second kappa shape index (κ2) is 8.50. The normalized spacial score (nSPS) is 13.1. The van der Waals surface area contributed by atoms with E-state index in [1.807, 2.05) is 19.1 Å². The van der Waals surface area contributed by atoms with Gasteiger partial charge < -0.3 is 4.90 Å². The first kappa shape index (κ1) is 20.9. The van der Waals surface area contributed by atoms with Crippen molar-refractivity contribution in [2.45, 2.75) is 37.6 Å². The standard InChI is InChI=1S/C21H26N2O3S/c1-15(2)18-8-5-17(6-9-18)7-14-21(24)23(4)16(3)19-10-12-20(13-11-19)27(22,25)26/h5-16H,1-4H3,(H2,22,25,26)/b14-7+/t16-/m0/s1. The molecule has 0 spiro atoms. The topological polar surface area (TPSA) is 80.5 Å². The molecule has 0 fully saturated rings. The van der Waals surface area contributed by atoms with E-state index in [9.17, 15) is 13.2 Å². The Morgan fingerprint density at radius 3 is 1.96 bits per heavy atom. The second-order valence-electron chi connectivity index (χ2n) is 6.89. The van der Waals surface area contributed by atoms with Crippen LogP contribution in [-0.4, -0.2) is 26.3 Å². The van der Waals surface area contributed by atoms with Gasteiger partial charge in [-0.05, 0) is 47.7 Å². The van der Waals surface area contributed by atoms with Crippen molar-refractivity contribution in [3.05, 3.63) is 71.3 Å². The van der Waals surface area contributed by atoms with Crippen molar-refractivity contribution >= 4 is 22.0 Å². The molecule has 2 N–H and O–H groups in total. The van der Waals surface area contributed by atoms with Crippen LogP contribution in [0.4, 0.5) is 0 Å². The highest BCUT2D eigenvalue weighted by molar-refractivity contribution is 7.89. The van der Waals surface area contributed by atoms with Crippen LogP contribution in [0.3, 0.4) is 0 Å². The van der Waals surface area contributed by atoms with E-state index >= 15 is 0 Å². The molecular formula is C21H26N2O3S. The van der Waals surface area contributed by atoms with Crippen LogP contribution in [-0.2, 0) is 14.8 Å². The quantitative estimate of drug-likeness (QED) is 0.769. The van der Waals surface area contributed by atoms with Crippen molar-refractivity contribution in [1.29, 1.82) is 0 Å². The lowest BCUT2D eigenvalue weighted by Gasteiger charge is -2.24. The minimum absolute atomic E-state index is 0.0529. The van der Waals surface area contributed by atoms with Crippen molar-refractivity contribution in [2.24, 2.45) is 5.14 Å². The molecule has 1 amide bonds. The zero-order chi connectivity index (χ0) is 20.2. The Kier molecular flexibility index (Phi) is 6.57. The van der Waals surface area contributed by atoms with Gasteiger partial charge in [-0.2, -0.15) is 0 Å². The van der Waals surface area contributed by atoms with Crippen LogP contribution in [0.15, 0.2) is 59.5 Å². The number of amides is 1. The number of carbonyl (C=O) groups is 1. The van der Waals surface area contributed by atoms with Gasteiger partial charge in [0.15, 0.2) is 0 Å². The van der Waals surface area contributed by atoms with Crippen LogP contribution in [0.5, 0.6) is 0 Å². The lowest BCUT2D eigenvalue weighted by Crippen LogP contribution is -2.28. The molecule has 0 unspecified atom stereocenters. The summed E-state index contributed by atoms with van der Waals surface area (Å²) in [6.45, 7) is 6.16. The first-order valence-corrected chi connectivity index (χ1v) is 10.3. The number of hydrogen-bond acceptors (Lipinski definition) is 3. The third-order valence-corrected chi connectivity index (χ3v) is 5.57. The lowest BCUT2D eigenvalue weighted by molar-refractivity contribution is -0.126. The fraction of sp³-hybridized carbons (Fsp3) is 0.286. The summed E-state index contributed by atoms with van der Waals surface area (Å²) in [7, 11) is -2.01. The summed E-state index contributed by atoms with van der Waals surface area (Å²) in [6, 6.07) is 14.1. The van der Waals surface area contributed by atoms with E-state index in [4.69, 9.17) is 5.14 Å².